The Bertz CT molecular complexity index is 908. The number of hydrogen-bond acceptors (Lipinski definition) is 2. The van der Waals surface area contributed by atoms with E-state index in [4.69, 9.17) is 0 Å². The number of nitrogens with one attached hydrogen (secondary N) is 3. The molecule has 0 aromatic heterocycles. The molecule has 0 aliphatic heterocycles. The van der Waals surface area contributed by atoms with Crippen LogP contribution >= 0.6 is 0 Å². The van der Waals surface area contributed by atoms with Crippen LogP contribution in [0.5, 0.6) is 0 Å². The summed E-state index contributed by atoms with van der Waals surface area (Å²) < 4.78 is 14.2. The highest BCUT2D eigenvalue weighted by atomic mass is 19.1. The third-order valence-corrected chi connectivity index (χ3v) is 5.76. The van der Waals surface area contributed by atoms with Crippen LogP contribution in [0.1, 0.15) is 54.6 Å². The molecule has 1 aliphatic carbocycles. The Morgan fingerprint density at radius 3 is 2.60 bits per heavy atom. The molecule has 0 heterocycles. The maximum Gasteiger partial charge on any atom is 0.251 e. The SMILES string of the molecule is CCC(C)NC(=O)c1cccc(CNC(=NC)NCC2(c3ccccc3F)CC2)c1. The molecule has 2 aromatic rings. The Morgan fingerprint density at radius 2 is 1.93 bits per heavy atom. The predicted octanol–water partition coefficient (Wildman–Crippen LogP) is 3.75. The van der Waals surface area contributed by atoms with Crippen LogP contribution in [0, 0.1) is 5.82 Å². The molecule has 1 saturated carbocycles. The summed E-state index contributed by atoms with van der Waals surface area (Å²) in [6.45, 7) is 5.20. The quantitative estimate of drug-likeness (QED) is 0.459. The minimum absolute atomic E-state index is 0.0609. The van der Waals surface area contributed by atoms with Crippen molar-refractivity contribution in [2.24, 2.45) is 4.99 Å². The van der Waals surface area contributed by atoms with Gasteiger partial charge in [0.2, 0.25) is 0 Å². The first kappa shape index (κ1) is 21.8. The highest BCUT2D eigenvalue weighted by Crippen LogP contribution is 2.48. The lowest BCUT2D eigenvalue weighted by Crippen LogP contribution is -2.41. The van der Waals surface area contributed by atoms with Crippen LogP contribution in [0.3, 0.4) is 0 Å². The van der Waals surface area contributed by atoms with Crippen LogP contribution in [-0.2, 0) is 12.0 Å². The van der Waals surface area contributed by atoms with Gasteiger partial charge in [0.05, 0.1) is 0 Å². The summed E-state index contributed by atoms with van der Waals surface area (Å²) in [5.41, 5.74) is 2.25. The lowest BCUT2D eigenvalue weighted by Gasteiger charge is -2.19. The average molecular weight is 411 g/mol. The monoisotopic (exact) mass is 410 g/mol. The molecule has 1 fully saturated rings. The molecule has 0 saturated heterocycles. The number of aliphatic imine (C=N–C) groups is 1. The van der Waals surface area contributed by atoms with Crippen molar-refractivity contribution in [1.29, 1.82) is 0 Å². The number of rotatable bonds is 8. The third-order valence-electron chi connectivity index (χ3n) is 5.76. The summed E-state index contributed by atoms with van der Waals surface area (Å²) >= 11 is 0. The van der Waals surface area contributed by atoms with Crippen LogP contribution in [0.4, 0.5) is 4.39 Å². The number of carbonyl (C=O) groups excluding carboxylic acids is 1. The Kier molecular flexibility index (Phi) is 7.08. The Balaban J connectivity index is 1.56. The fourth-order valence-corrected chi connectivity index (χ4v) is 3.47. The molecular formula is C24H31FN4O. The van der Waals surface area contributed by atoms with Crippen LogP contribution in [0.2, 0.25) is 0 Å². The number of nitrogens with zero attached hydrogens (tertiary/aromatic N) is 1. The molecular weight excluding hydrogens is 379 g/mol. The molecule has 1 atom stereocenters. The molecule has 3 rings (SSSR count). The van der Waals surface area contributed by atoms with Gasteiger partial charge in [-0.2, -0.15) is 0 Å². The minimum atomic E-state index is -0.156. The molecule has 3 N–H and O–H groups in total. The largest absolute Gasteiger partial charge is 0.356 e. The smallest absolute Gasteiger partial charge is 0.251 e. The normalized spacial score (nSPS) is 15.9. The molecule has 1 aliphatic rings. The molecule has 2 aromatic carbocycles. The molecule has 0 spiro atoms. The van der Waals surface area contributed by atoms with Gasteiger partial charge in [0, 0.05) is 37.2 Å². The van der Waals surface area contributed by atoms with Gasteiger partial charge in [0.25, 0.3) is 5.91 Å². The Labute approximate surface area is 178 Å². The summed E-state index contributed by atoms with van der Waals surface area (Å²) in [5.74, 6) is 0.452. The van der Waals surface area contributed by atoms with E-state index in [1.165, 1.54) is 6.07 Å². The molecule has 5 nitrogen and oxygen atoms in total. The topological polar surface area (TPSA) is 65.5 Å². The van der Waals surface area contributed by atoms with Crippen LogP contribution < -0.4 is 16.0 Å². The molecule has 30 heavy (non-hydrogen) atoms. The fourth-order valence-electron chi connectivity index (χ4n) is 3.47. The second kappa shape index (κ2) is 9.74. The predicted molar refractivity (Wildman–Crippen MR) is 119 cm³/mol. The first-order chi connectivity index (χ1) is 14.5. The number of carbonyl (C=O) groups is 1. The lowest BCUT2D eigenvalue weighted by molar-refractivity contribution is 0.0939. The van der Waals surface area contributed by atoms with Crippen molar-refractivity contribution in [3.05, 3.63) is 71.0 Å². The van der Waals surface area contributed by atoms with E-state index in [9.17, 15) is 9.18 Å². The molecule has 160 valence electrons. The zero-order chi connectivity index (χ0) is 21.6. The van der Waals surface area contributed by atoms with E-state index in [0.717, 1.165) is 30.4 Å². The number of halogens is 1. The van der Waals surface area contributed by atoms with E-state index in [1.54, 1.807) is 13.1 Å². The van der Waals surface area contributed by atoms with E-state index in [0.29, 0.717) is 24.6 Å². The number of hydrogen-bond donors (Lipinski definition) is 3. The van der Waals surface area contributed by atoms with Crippen molar-refractivity contribution in [3.8, 4) is 0 Å². The van der Waals surface area contributed by atoms with Gasteiger partial charge in [0.15, 0.2) is 5.96 Å². The van der Waals surface area contributed by atoms with Crippen molar-refractivity contribution in [1.82, 2.24) is 16.0 Å². The number of guanidine groups is 1. The Hall–Kier alpha value is -2.89. The van der Waals surface area contributed by atoms with E-state index < -0.39 is 0 Å². The second-order valence-electron chi connectivity index (χ2n) is 8.02. The lowest BCUT2D eigenvalue weighted by atomic mass is 9.95. The summed E-state index contributed by atoms with van der Waals surface area (Å²) in [7, 11) is 1.72. The summed E-state index contributed by atoms with van der Waals surface area (Å²) in [6.07, 6.45) is 2.82. The summed E-state index contributed by atoms with van der Waals surface area (Å²) in [6, 6.07) is 14.7. The van der Waals surface area contributed by atoms with Gasteiger partial charge < -0.3 is 16.0 Å². The zero-order valence-electron chi connectivity index (χ0n) is 18.0. The Morgan fingerprint density at radius 1 is 1.17 bits per heavy atom. The number of benzene rings is 2. The molecule has 0 radical (unpaired) electrons. The highest BCUT2D eigenvalue weighted by molar-refractivity contribution is 5.94. The standard InChI is InChI=1S/C24H31FN4O/c1-4-17(2)29-22(30)19-9-7-8-18(14-19)15-27-23(26-3)28-16-24(12-13-24)20-10-5-6-11-21(20)25/h5-11,14,17H,4,12-13,15-16H2,1-3H3,(H,29,30)(H2,26,27,28). The van der Waals surface area contributed by atoms with Gasteiger partial charge in [-0.15, -0.1) is 0 Å². The van der Waals surface area contributed by atoms with E-state index in [2.05, 4.69) is 20.9 Å². The summed E-state index contributed by atoms with van der Waals surface area (Å²) in [4.78, 5) is 16.6. The molecule has 0 bridgehead atoms. The fraction of sp³-hybridized carbons (Fsp3) is 0.417. The maximum absolute atomic E-state index is 14.2. The maximum atomic E-state index is 14.2. The van der Waals surface area contributed by atoms with Crippen LogP contribution in [0.15, 0.2) is 53.5 Å². The zero-order valence-corrected chi connectivity index (χ0v) is 18.0. The first-order valence-corrected chi connectivity index (χ1v) is 10.6. The van der Waals surface area contributed by atoms with Crippen molar-refractivity contribution in [2.45, 2.75) is 51.1 Å². The van der Waals surface area contributed by atoms with Crippen molar-refractivity contribution in [2.75, 3.05) is 13.6 Å². The molecule has 6 heteroatoms. The van der Waals surface area contributed by atoms with Crippen LogP contribution in [-0.4, -0.2) is 31.5 Å². The van der Waals surface area contributed by atoms with E-state index in [-0.39, 0.29) is 23.2 Å². The van der Waals surface area contributed by atoms with Gasteiger partial charge >= 0.3 is 0 Å². The van der Waals surface area contributed by atoms with Gasteiger partial charge in [-0.05, 0) is 55.5 Å². The minimum Gasteiger partial charge on any atom is -0.356 e. The second-order valence-corrected chi connectivity index (χ2v) is 8.02. The third kappa shape index (κ3) is 5.38. The van der Waals surface area contributed by atoms with Gasteiger partial charge in [0.1, 0.15) is 5.82 Å². The van der Waals surface area contributed by atoms with Crippen molar-refractivity contribution < 1.29 is 9.18 Å². The summed E-state index contributed by atoms with van der Waals surface area (Å²) in [5, 5.41) is 9.60. The van der Waals surface area contributed by atoms with Gasteiger partial charge in [-0.1, -0.05) is 37.3 Å². The molecule has 1 unspecified atom stereocenters. The first-order valence-electron chi connectivity index (χ1n) is 10.6. The van der Waals surface area contributed by atoms with Crippen LogP contribution in [0.25, 0.3) is 0 Å². The van der Waals surface area contributed by atoms with Crippen molar-refractivity contribution in [3.63, 3.8) is 0 Å². The number of amides is 1. The average Bonchev–Trinajstić information content (AvgIpc) is 3.55. The van der Waals surface area contributed by atoms with E-state index in [1.807, 2.05) is 50.2 Å². The highest BCUT2D eigenvalue weighted by Gasteiger charge is 2.45. The van der Waals surface area contributed by atoms with Gasteiger partial charge in [-0.25, -0.2) is 4.39 Å². The molecule has 1 amide bonds. The van der Waals surface area contributed by atoms with E-state index >= 15 is 0 Å². The van der Waals surface area contributed by atoms with Crippen molar-refractivity contribution >= 4 is 11.9 Å². The van der Waals surface area contributed by atoms with Gasteiger partial charge in [-0.3, -0.25) is 9.79 Å².